The highest BCUT2D eigenvalue weighted by atomic mass is 32.2. The summed E-state index contributed by atoms with van der Waals surface area (Å²) in [7, 11) is -3.19. The SMILES string of the molecule is Cc1ccccc1CC(=O)N1CCN(CC(=O)N2CCN(S(C)(=O)=O)CC2)CC1. The van der Waals surface area contributed by atoms with Crippen molar-refractivity contribution in [3.8, 4) is 0 Å². The van der Waals surface area contributed by atoms with E-state index in [1.54, 1.807) is 4.90 Å². The molecule has 9 heteroatoms. The van der Waals surface area contributed by atoms with E-state index >= 15 is 0 Å². The highest BCUT2D eigenvalue weighted by Crippen LogP contribution is 2.12. The average molecular weight is 423 g/mol. The molecule has 0 radical (unpaired) electrons. The molecule has 2 amide bonds. The Morgan fingerprint density at radius 2 is 1.41 bits per heavy atom. The number of benzene rings is 1. The number of sulfonamides is 1. The third-order valence-corrected chi connectivity index (χ3v) is 7.05. The van der Waals surface area contributed by atoms with Crippen LogP contribution in [-0.4, -0.2) is 104 Å². The fraction of sp³-hybridized carbons (Fsp3) is 0.600. The second-order valence-electron chi connectivity index (χ2n) is 7.80. The number of rotatable bonds is 5. The lowest BCUT2D eigenvalue weighted by Gasteiger charge is -2.37. The first-order chi connectivity index (χ1) is 13.7. The van der Waals surface area contributed by atoms with Crippen LogP contribution in [0.3, 0.4) is 0 Å². The molecule has 3 rings (SSSR count). The van der Waals surface area contributed by atoms with E-state index < -0.39 is 10.0 Å². The smallest absolute Gasteiger partial charge is 0.236 e. The Balaban J connectivity index is 1.42. The van der Waals surface area contributed by atoms with Gasteiger partial charge in [-0.15, -0.1) is 0 Å². The van der Waals surface area contributed by atoms with E-state index in [1.165, 1.54) is 10.6 Å². The maximum Gasteiger partial charge on any atom is 0.236 e. The quantitative estimate of drug-likeness (QED) is 0.656. The summed E-state index contributed by atoms with van der Waals surface area (Å²) in [6.07, 6.45) is 1.61. The van der Waals surface area contributed by atoms with Crippen LogP contribution in [0.2, 0.25) is 0 Å². The van der Waals surface area contributed by atoms with E-state index in [-0.39, 0.29) is 11.8 Å². The zero-order valence-corrected chi connectivity index (χ0v) is 18.0. The lowest BCUT2D eigenvalue weighted by molar-refractivity contribution is -0.135. The predicted molar refractivity (Wildman–Crippen MR) is 111 cm³/mol. The number of hydrogen-bond acceptors (Lipinski definition) is 5. The molecule has 0 N–H and O–H groups in total. The zero-order chi connectivity index (χ0) is 21.0. The van der Waals surface area contributed by atoms with Crippen molar-refractivity contribution < 1.29 is 18.0 Å². The Bertz CT molecular complexity index is 842. The third kappa shape index (κ3) is 5.77. The van der Waals surface area contributed by atoms with Gasteiger partial charge in [0, 0.05) is 52.4 Å². The zero-order valence-electron chi connectivity index (χ0n) is 17.2. The Kier molecular flexibility index (Phi) is 6.92. The van der Waals surface area contributed by atoms with Gasteiger partial charge in [-0.25, -0.2) is 8.42 Å². The molecule has 8 nitrogen and oxygen atoms in total. The van der Waals surface area contributed by atoms with Crippen LogP contribution in [0, 0.1) is 6.92 Å². The van der Waals surface area contributed by atoms with E-state index in [0.717, 1.165) is 11.1 Å². The standard InChI is InChI=1S/C20H30N4O4S/c1-17-5-3-4-6-18(17)15-19(25)22-9-7-21(8-10-22)16-20(26)23-11-13-24(14-12-23)29(2,27)28/h3-6H,7-16H2,1-2H3. The van der Waals surface area contributed by atoms with Crippen molar-refractivity contribution in [3.63, 3.8) is 0 Å². The minimum absolute atomic E-state index is 0.0258. The van der Waals surface area contributed by atoms with Gasteiger partial charge in [0.15, 0.2) is 0 Å². The van der Waals surface area contributed by atoms with E-state index in [4.69, 9.17) is 0 Å². The molecule has 2 fully saturated rings. The van der Waals surface area contributed by atoms with Crippen LogP contribution in [0.15, 0.2) is 24.3 Å². The Morgan fingerprint density at radius 1 is 0.862 bits per heavy atom. The second-order valence-corrected chi connectivity index (χ2v) is 9.79. The summed E-state index contributed by atoms with van der Waals surface area (Å²) >= 11 is 0. The van der Waals surface area contributed by atoms with Crippen molar-refractivity contribution in [3.05, 3.63) is 35.4 Å². The van der Waals surface area contributed by atoms with Gasteiger partial charge in [0.05, 0.1) is 19.2 Å². The van der Waals surface area contributed by atoms with Crippen LogP contribution in [0.1, 0.15) is 11.1 Å². The first kappa shape index (κ1) is 21.7. The van der Waals surface area contributed by atoms with Gasteiger partial charge in [0.2, 0.25) is 21.8 Å². The summed E-state index contributed by atoms with van der Waals surface area (Å²) in [5.41, 5.74) is 2.18. The Hall–Kier alpha value is -1.97. The minimum Gasteiger partial charge on any atom is -0.340 e. The van der Waals surface area contributed by atoms with Crippen molar-refractivity contribution >= 4 is 21.8 Å². The fourth-order valence-corrected chi connectivity index (χ4v) is 4.63. The van der Waals surface area contributed by atoms with Crippen molar-refractivity contribution in [2.75, 3.05) is 65.2 Å². The van der Waals surface area contributed by atoms with E-state index in [2.05, 4.69) is 4.90 Å². The Morgan fingerprint density at radius 3 is 2.00 bits per heavy atom. The maximum atomic E-state index is 12.6. The van der Waals surface area contributed by atoms with Crippen LogP contribution < -0.4 is 0 Å². The molecule has 2 aliphatic heterocycles. The first-order valence-corrected chi connectivity index (χ1v) is 11.9. The summed E-state index contributed by atoms with van der Waals surface area (Å²) < 4.78 is 24.6. The molecular formula is C20H30N4O4S. The fourth-order valence-electron chi connectivity index (χ4n) is 3.80. The minimum atomic E-state index is -3.19. The second kappa shape index (κ2) is 9.23. The van der Waals surface area contributed by atoms with Gasteiger partial charge in [-0.3, -0.25) is 14.5 Å². The number of nitrogens with zero attached hydrogens (tertiary/aromatic N) is 4. The molecule has 160 valence electrons. The molecule has 2 aliphatic rings. The summed E-state index contributed by atoms with van der Waals surface area (Å²) in [6, 6.07) is 7.93. The topological polar surface area (TPSA) is 81.2 Å². The van der Waals surface area contributed by atoms with Crippen molar-refractivity contribution in [2.24, 2.45) is 0 Å². The molecule has 0 spiro atoms. The number of piperazine rings is 2. The van der Waals surface area contributed by atoms with Gasteiger partial charge in [-0.1, -0.05) is 24.3 Å². The normalized spacial score (nSPS) is 19.4. The summed E-state index contributed by atoms with van der Waals surface area (Å²) in [5, 5.41) is 0. The van der Waals surface area contributed by atoms with Crippen LogP contribution in [0.5, 0.6) is 0 Å². The lowest BCUT2D eigenvalue weighted by Crippen LogP contribution is -2.55. The number of hydrogen-bond donors (Lipinski definition) is 0. The number of carbonyl (C=O) groups is 2. The number of carbonyl (C=O) groups excluding carboxylic acids is 2. The number of aryl methyl sites for hydroxylation is 1. The van der Waals surface area contributed by atoms with E-state index in [1.807, 2.05) is 36.1 Å². The van der Waals surface area contributed by atoms with Crippen LogP contribution >= 0.6 is 0 Å². The molecular weight excluding hydrogens is 392 g/mol. The van der Waals surface area contributed by atoms with Crippen LogP contribution in [0.4, 0.5) is 0 Å². The molecule has 1 aromatic rings. The third-order valence-electron chi connectivity index (χ3n) is 5.75. The molecule has 2 heterocycles. The van der Waals surface area contributed by atoms with Gasteiger partial charge < -0.3 is 9.80 Å². The molecule has 2 saturated heterocycles. The maximum absolute atomic E-state index is 12.6. The van der Waals surface area contributed by atoms with Gasteiger partial charge in [-0.05, 0) is 18.1 Å². The molecule has 29 heavy (non-hydrogen) atoms. The van der Waals surface area contributed by atoms with Gasteiger partial charge in [-0.2, -0.15) is 4.31 Å². The van der Waals surface area contributed by atoms with Gasteiger partial charge in [0.25, 0.3) is 0 Å². The highest BCUT2D eigenvalue weighted by Gasteiger charge is 2.28. The van der Waals surface area contributed by atoms with E-state index in [0.29, 0.717) is 65.3 Å². The van der Waals surface area contributed by atoms with Crippen LogP contribution in [-0.2, 0) is 26.0 Å². The molecule has 0 aromatic heterocycles. The van der Waals surface area contributed by atoms with Gasteiger partial charge in [0.1, 0.15) is 0 Å². The van der Waals surface area contributed by atoms with Gasteiger partial charge >= 0.3 is 0 Å². The van der Waals surface area contributed by atoms with Crippen molar-refractivity contribution in [1.82, 2.24) is 19.0 Å². The summed E-state index contributed by atoms with van der Waals surface area (Å²) in [6.45, 7) is 6.50. The monoisotopic (exact) mass is 422 g/mol. The molecule has 0 bridgehead atoms. The largest absolute Gasteiger partial charge is 0.340 e. The molecule has 0 aliphatic carbocycles. The molecule has 0 saturated carbocycles. The summed E-state index contributed by atoms with van der Waals surface area (Å²) in [4.78, 5) is 30.8. The number of amides is 2. The average Bonchev–Trinajstić information content (AvgIpc) is 2.69. The van der Waals surface area contributed by atoms with Crippen molar-refractivity contribution in [1.29, 1.82) is 0 Å². The first-order valence-electron chi connectivity index (χ1n) is 10.0. The molecule has 1 aromatic carbocycles. The van der Waals surface area contributed by atoms with Crippen molar-refractivity contribution in [2.45, 2.75) is 13.3 Å². The molecule has 0 atom stereocenters. The highest BCUT2D eigenvalue weighted by molar-refractivity contribution is 7.88. The van der Waals surface area contributed by atoms with E-state index in [9.17, 15) is 18.0 Å². The molecule has 0 unspecified atom stereocenters. The van der Waals surface area contributed by atoms with Crippen LogP contribution in [0.25, 0.3) is 0 Å². The predicted octanol–water partition coefficient (Wildman–Crippen LogP) is -0.214. The summed E-state index contributed by atoms with van der Waals surface area (Å²) in [5.74, 6) is 0.153. The lowest BCUT2D eigenvalue weighted by atomic mass is 10.1. The Labute approximate surface area is 173 Å².